The highest BCUT2D eigenvalue weighted by atomic mass is 79.9. The van der Waals surface area contributed by atoms with Crippen LogP contribution in [0.3, 0.4) is 0 Å². The van der Waals surface area contributed by atoms with Gasteiger partial charge in [0.15, 0.2) is 0 Å². The van der Waals surface area contributed by atoms with E-state index in [1.807, 2.05) is 72.4 Å². The van der Waals surface area contributed by atoms with Crippen LogP contribution in [-0.4, -0.2) is 45.7 Å². The third kappa shape index (κ3) is 4.60. The molecule has 4 heterocycles. The second-order valence-corrected chi connectivity index (χ2v) is 15.2. The van der Waals surface area contributed by atoms with Crippen LogP contribution in [0, 0.1) is 25.7 Å². The van der Waals surface area contributed by atoms with Gasteiger partial charge in [0, 0.05) is 19.0 Å². The highest BCUT2D eigenvalue weighted by Gasteiger charge is 2.73. The van der Waals surface area contributed by atoms with Crippen LogP contribution in [0.15, 0.2) is 93.9 Å². The lowest BCUT2D eigenvalue weighted by Gasteiger charge is -2.35. The molecule has 0 aliphatic carbocycles. The van der Waals surface area contributed by atoms with Gasteiger partial charge in [0.05, 0.1) is 35.3 Å². The van der Waals surface area contributed by atoms with Gasteiger partial charge >= 0.3 is 0 Å². The molecule has 0 N–H and O–H groups in total. The zero-order valence-electron chi connectivity index (χ0n) is 25.5. The Morgan fingerprint density at radius 3 is 1.19 bits per heavy atom. The third-order valence-electron chi connectivity index (χ3n) is 9.98. The van der Waals surface area contributed by atoms with Crippen LogP contribution in [-0.2, 0) is 19.2 Å². The predicted octanol–water partition coefficient (Wildman–Crippen LogP) is 7.58. The smallest absolute Gasteiger partial charge is 0.253 e. The van der Waals surface area contributed by atoms with Gasteiger partial charge in [-0.3, -0.25) is 19.2 Å². The molecule has 6 atom stereocenters. The van der Waals surface area contributed by atoms with Crippen molar-refractivity contribution in [3.05, 3.63) is 126 Å². The van der Waals surface area contributed by atoms with Crippen molar-refractivity contribution < 1.29 is 19.2 Å². The number of rotatable bonds is 4. The molecule has 8 nitrogen and oxygen atoms in total. The van der Waals surface area contributed by atoms with E-state index in [9.17, 15) is 19.2 Å². The fraction of sp³-hybridized carbons (Fsp3) is 0.222. The standard InChI is InChI=1S/C36H26Br2Cl2N4O4/c1-17-3-13-23(15-25(17)39)41-33(45)27-29(19-5-9-21(37)10-6-19)44-32-28(34(46)42(36(32)48)24-14-4-18(2)26(40)16-24)30(43(44)31(27)35(41)47)20-7-11-22(38)12-8-20/h3-16,27-32H,1-2H3. The molecule has 0 aromatic heterocycles. The number of amides is 4. The number of imide groups is 2. The first-order chi connectivity index (χ1) is 23.0. The number of fused-ring (bicyclic) bond motifs is 5. The van der Waals surface area contributed by atoms with Crippen molar-refractivity contribution in [1.82, 2.24) is 10.0 Å². The molecular formula is C36H26Br2Cl2N4O4. The minimum absolute atomic E-state index is 0.380. The summed E-state index contributed by atoms with van der Waals surface area (Å²) in [7, 11) is 0. The van der Waals surface area contributed by atoms with Crippen molar-refractivity contribution in [2.75, 3.05) is 9.80 Å². The molecule has 0 radical (unpaired) electrons. The second kappa shape index (κ2) is 11.6. The van der Waals surface area contributed by atoms with Gasteiger partial charge in [0.2, 0.25) is 11.8 Å². The lowest BCUT2D eigenvalue weighted by Crippen LogP contribution is -2.50. The maximum absolute atomic E-state index is 14.6. The summed E-state index contributed by atoms with van der Waals surface area (Å²) < 4.78 is 1.67. The molecule has 0 saturated carbocycles. The topological polar surface area (TPSA) is 81.2 Å². The van der Waals surface area contributed by atoms with Gasteiger partial charge in [-0.2, -0.15) is 0 Å². The number of halogens is 4. The molecule has 8 rings (SSSR count). The van der Waals surface area contributed by atoms with Gasteiger partial charge in [-0.05, 0) is 84.6 Å². The second-order valence-electron chi connectivity index (χ2n) is 12.6. The van der Waals surface area contributed by atoms with Crippen LogP contribution in [0.4, 0.5) is 11.4 Å². The van der Waals surface area contributed by atoms with E-state index in [4.69, 9.17) is 23.2 Å². The number of anilines is 2. The monoisotopic (exact) mass is 806 g/mol. The first-order valence-electron chi connectivity index (χ1n) is 15.3. The largest absolute Gasteiger partial charge is 0.274 e. The molecule has 242 valence electrons. The number of hydrogen-bond acceptors (Lipinski definition) is 6. The number of carbonyl (C=O) groups is 4. The van der Waals surface area contributed by atoms with Crippen LogP contribution in [0.5, 0.6) is 0 Å². The fourth-order valence-corrected chi connectivity index (χ4v) is 8.65. The predicted molar refractivity (Wildman–Crippen MR) is 189 cm³/mol. The van der Waals surface area contributed by atoms with E-state index in [0.717, 1.165) is 31.2 Å². The van der Waals surface area contributed by atoms with Gasteiger partial charge in [-0.1, -0.05) is 91.5 Å². The summed E-state index contributed by atoms with van der Waals surface area (Å²) in [4.78, 5) is 60.8. The summed E-state index contributed by atoms with van der Waals surface area (Å²) in [5.41, 5.74) is 3.88. The van der Waals surface area contributed by atoms with Crippen molar-refractivity contribution in [3.63, 3.8) is 0 Å². The van der Waals surface area contributed by atoms with E-state index < -0.39 is 59.6 Å². The maximum Gasteiger partial charge on any atom is 0.253 e. The normalized spacial score (nSPS) is 26.9. The van der Waals surface area contributed by atoms with Crippen molar-refractivity contribution in [1.29, 1.82) is 0 Å². The summed E-state index contributed by atoms with van der Waals surface area (Å²) in [5, 5.41) is 4.57. The number of aryl methyl sites for hydroxylation is 2. The average Bonchev–Trinajstić information content (AvgIpc) is 3.72. The SMILES string of the molecule is Cc1ccc(N2C(=O)C3C(C2=O)N2C(c4ccc(Br)cc4)C4C(=O)N(c5ccc(C)c(Cl)c5)C(=O)C4N2C3c2ccc(Br)cc2)cc1Cl. The van der Waals surface area contributed by atoms with Crippen LogP contribution in [0.1, 0.15) is 34.3 Å². The summed E-state index contributed by atoms with van der Waals surface area (Å²) in [6.45, 7) is 3.70. The quantitative estimate of drug-likeness (QED) is 0.198. The number of nitrogens with zero attached hydrogens (tertiary/aromatic N) is 4. The Balaban J connectivity index is 1.33. The molecule has 0 bridgehead atoms. The molecule has 4 saturated heterocycles. The Morgan fingerprint density at radius 2 is 0.854 bits per heavy atom. The minimum atomic E-state index is -0.978. The van der Waals surface area contributed by atoms with Crippen molar-refractivity contribution >= 4 is 90.1 Å². The lowest BCUT2D eigenvalue weighted by molar-refractivity contribution is -0.136. The van der Waals surface area contributed by atoms with Gasteiger partial charge in [0.1, 0.15) is 12.1 Å². The Hall–Kier alpha value is -3.38. The molecule has 0 spiro atoms. The minimum Gasteiger partial charge on any atom is -0.274 e. The van der Waals surface area contributed by atoms with Gasteiger partial charge in [-0.15, -0.1) is 0 Å². The molecule has 4 aromatic carbocycles. The molecule has 4 aromatic rings. The first kappa shape index (κ1) is 31.9. The summed E-state index contributed by atoms with van der Waals surface area (Å²) in [6, 6.07) is 21.9. The van der Waals surface area contributed by atoms with Crippen LogP contribution in [0.2, 0.25) is 10.0 Å². The van der Waals surface area contributed by atoms with Gasteiger partial charge in [-0.25, -0.2) is 19.8 Å². The summed E-state index contributed by atoms with van der Waals surface area (Å²) in [5.74, 6) is -3.39. The van der Waals surface area contributed by atoms with E-state index in [-0.39, 0.29) is 0 Å². The Morgan fingerprint density at radius 1 is 0.500 bits per heavy atom. The lowest BCUT2D eigenvalue weighted by atomic mass is 9.84. The number of benzene rings is 4. The number of carbonyl (C=O) groups excluding carboxylic acids is 4. The molecule has 4 aliphatic rings. The fourth-order valence-electron chi connectivity index (χ4n) is 7.77. The van der Waals surface area contributed by atoms with E-state index >= 15 is 0 Å². The third-order valence-corrected chi connectivity index (χ3v) is 11.8. The zero-order chi connectivity index (χ0) is 33.8. The van der Waals surface area contributed by atoms with E-state index in [0.29, 0.717) is 21.4 Å². The highest BCUT2D eigenvalue weighted by Crippen LogP contribution is 2.60. The highest BCUT2D eigenvalue weighted by molar-refractivity contribution is 9.10. The molecule has 6 unspecified atom stereocenters. The molecule has 4 amide bonds. The zero-order valence-corrected chi connectivity index (χ0v) is 30.2. The molecule has 4 aliphatic heterocycles. The van der Waals surface area contributed by atoms with Gasteiger partial charge < -0.3 is 0 Å². The Labute approximate surface area is 303 Å². The van der Waals surface area contributed by atoms with Crippen LogP contribution in [0.25, 0.3) is 0 Å². The summed E-state index contributed by atoms with van der Waals surface area (Å²) >= 11 is 20.0. The van der Waals surface area contributed by atoms with E-state index in [1.165, 1.54) is 9.80 Å². The van der Waals surface area contributed by atoms with Crippen LogP contribution >= 0.6 is 55.1 Å². The maximum atomic E-state index is 14.6. The van der Waals surface area contributed by atoms with Crippen molar-refractivity contribution in [2.24, 2.45) is 11.8 Å². The first-order valence-corrected chi connectivity index (χ1v) is 17.7. The molecule has 4 fully saturated rings. The van der Waals surface area contributed by atoms with Crippen LogP contribution < -0.4 is 9.80 Å². The number of hydrogen-bond donors (Lipinski definition) is 0. The van der Waals surface area contributed by atoms with E-state index in [2.05, 4.69) is 31.9 Å². The number of hydrazine groups is 1. The summed E-state index contributed by atoms with van der Waals surface area (Å²) in [6.07, 6.45) is 0. The van der Waals surface area contributed by atoms with Crippen molar-refractivity contribution in [2.45, 2.75) is 38.0 Å². The average molecular weight is 809 g/mol. The Bertz CT molecular complexity index is 1910. The molecular weight excluding hydrogens is 783 g/mol. The molecule has 48 heavy (non-hydrogen) atoms. The van der Waals surface area contributed by atoms with Gasteiger partial charge in [0.25, 0.3) is 11.8 Å². The van der Waals surface area contributed by atoms with Crippen molar-refractivity contribution in [3.8, 4) is 0 Å². The molecule has 12 heteroatoms. The van der Waals surface area contributed by atoms with E-state index in [1.54, 1.807) is 36.4 Å². The Kier molecular flexibility index (Phi) is 7.70.